The number of allylic oxidation sites excluding steroid dienone is 3. The number of aliphatic hydroxyl groups excluding tert-OH is 2. The highest BCUT2D eigenvalue weighted by molar-refractivity contribution is 5.82. The smallest absolute Gasteiger partial charge is 0.328 e. The number of methoxy groups -OCH3 is 2. The number of amides is 1. The number of carbonyl (C=O) groups is 2. The predicted molar refractivity (Wildman–Crippen MR) is 151 cm³/mol. The zero-order valence-corrected chi connectivity index (χ0v) is 25.3. The van der Waals surface area contributed by atoms with E-state index in [-0.39, 0.29) is 18.8 Å². The molecule has 0 aromatic rings. The highest BCUT2D eigenvalue weighted by Gasteiger charge is 2.59. The average Bonchev–Trinajstić information content (AvgIpc) is 2.91. The molecule has 2 heterocycles. The Morgan fingerprint density at radius 1 is 1.21 bits per heavy atom. The van der Waals surface area contributed by atoms with Crippen molar-refractivity contribution in [3.8, 4) is 0 Å². The van der Waals surface area contributed by atoms with Gasteiger partial charge in [0.15, 0.2) is 12.3 Å². The van der Waals surface area contributed by atoms with Crippen LogP contribution in [0, 0.1) is 11.3 Å². The number of nitrogens with one attached hydrogen (secondary N) is 1. The van der Waals surface area contributed by atoms with Crippen LogP contribution >= 0.6 is 0 Å². The van der Waals surface area contributed by atoms with Gasteiger partial charge in [-0.25, -0.2) is 13.6 Å². The Balaban J connectivity index is 2.09. The van der Waals surface area contributed by atoms with Gasteiger partial charge in [-0.1, -0.05) is 51.2 Å². The van der Waals surface area contributed by atoms with Crippen molar-refractivity contribution in [3.05, 3.63) is 36.5 Å². The van der Waals surface area contributed by atoms with Crippen molar-refractivity contribution in [2.75, 3.05) is 14.2 Å². The number of carboxylic acids is 1. The number of carboxylic acid groups (broad SMARTS) is 1. The first kappa shape index (κ1) is 36.0. The number of carbonyl (C=O) groups excluding carboxylic acids is 1. The monoisotopic (exact) mass is 603 g/mol. The topological polar surface area (TPSA) is 144 Å². The molecular formula is C30H47F2NO9. The third-order valence-electron chi connectivity index (χ3n) is 8.52. The Morgan fingerprint density at radius 2 is 1.88 bits per heavy atom. The van der Waals surface area contributed by atoms with Gasteiger partial charge in [-0.05, 0) is 26.2 Å². The summed E-state index contributed by atoms with van der Waals surface area (Å²) in [5.74, 6) is -6.97. The molecule has 2 fully saturated rings. The molecule has 2 aliphatic rings. The summed E-state index contributed by atoms with van der Waals surface area (Å²) >= 11 is 0. The molecule has 0 spiro atoms. The summed E-state index contributed by atoms with van der Waals surface area (Å²) in [6.45, 7) is 10.4. The van der Waals surface area contributed by atoms with Crippen molar-refractivity contribution in [2.45, 2.75) is 115 Å². The molecule has 0 aromatic carbocycles. The molecule has 0 bridgehead atoms. The van der Waals surface area contributed by atoms with Crippen molar-refractivity contribution in [1.82, 2.24) is 5.32 Å². The molecule has 10 nitrogen and oxygen atoms in total. The summed E-state index contributed by atoms with van der Waals surface area (Å²) in [7, 11) is 2.53. The summed E-state index contributed by atoms with van der Waals surface area (Å²) in [5.41, 5.74) is -0.896. The van der Waals surface area contributed by atoms with E-state index in [9.17, 15) is 19.8 Å². The molecule has 2 aliphatic heterocycles. The van der Waals surface area contributed by atoms with Crippen LogP contribution < -0.4 is 5.32 Å². The van der Waals surface area contributed by atoms with Crippen LogP contribution in [-0.4, -0.2) is 89.9 Å². The third kappa shape index (κ3) is 8.67. The van der Waals surface area contributed by atoms with Crippen LogP contribution in [0.1, 0.15) is 66.2 Å². The number of aliphatic hydroxyl groups is 2. The highest BCUT2D eigenvalue weighted by Crippen LogP contribution is 2.50. The summed E-state index contributed by atoms with van der Waals surface area (Å²) < 4.78 is 53.7. The lowest BCUT2D eigenvalue weighted by Gasteiger charge is -2.49. The third-order valence-corrected chi connectivity index (χ3v) is 8.52. The van der Waals surface area contributed by atoms with Gasteiger partial charge >= 0.3 is 5.97 Å². The van der Waals surface area contributed by atoms with Gasteiger partial charge in [-0.2, -0.15) is 0 Å². The van der Waals surface area contributed by atoms with Crippen LogP contribution in [0.2, 0.25) is 0 Å². The molecule has 0 aliphatic carbocycles. The summed E-state index contributed by atoms with van der Waals surface area (Å²) in [6, 6.07) is 0. The number of alkyl halides is 2. The number of aliphatic carboxylic acids is 1. The van der Waals surface area contributed by atoms with E-state index in [2.05, 4.69) is 11.9 Å². The van der Waals surface area contributed by atoms with Gasteiger partial charge in [0.25, 0.3) is 11.8 Å². The summed E-state index contributed by atoms with van der Waals surface area (Å²) in [6.07, 6.45) is -0.479. The summed E-state index contributed by atoms with van der Waals surface area (Å²) in [5, 5.41) is 32.7. The maximum atomic E-state index is 15.5. The first-order chi connectivity index (χ1) is 19.5. The molecule has 0 saturated carbocycles. The van der Waals surface area contributed by atoms with Gasteiger partial charge in [0.05, 0.1) is 23.7 Å². The maximum absolute atomic E-state index is 15.5. The number of ether oxygens (including phenoxy) is 4. The Kier molecular flexibility index (Phi) is 12.8. The second-order valence-corrected chi connectivity index (χ2v) is 11.8. The van der Waals surface area contributed by atoms with Gasteiger partial charge in [-0.3, -0.25) is 4.79 Å². The fourth-order valence-corrected chi connectivity index (χ4v) is 5.24. The number of rotatable bonds is 14. The molecule has 42 heavy (non-hydrogen) atoms. The second kappa shape index (κ2) is 15.0. The minimum atomic E-state index is -3.23. The van der Waals surface area contributed by atoms with Crippen molar-refractivity contribution >= 4 is 11.9 Å². The van der Waals surface area contributed by atoms with Crippen LogP contribution in [-0.2, 0) is 28.5 Å². The van der Waals surface area contributed by atoms with Gasteiger partial charge in [0.2, 0.25) is 5.79 Å². The molecule has 1 amide bonds. The minimum absolute atomic E-state index is 0.0267. The van der Waals surface area contributed by atoms with E-state index in [4.69, 9.17) is 24.1 Å². The number of unbranched alkanes of at least 4 members (excludes halogenated alkanes) is 1. The molecule has 0 aromatic heterocycles. The average molecular weight is 604 g/mol. The largest absolute Gasteiger partial charge is 0.478 e. The summed E-state index contributed by atoms with van der Waals surface area (Å²) in [4.78, 5) is 23.6. The molecule has 12 heteroatoms. The van der Waals surface area contributed by atoms with E-state index in [0.29, 0.717) is 19.3 Å². The van der Waals surface area contributed by atoms with Gasteiger partial charge in [0.1, 0.15) is 6.10 Å². The van der Waals surface area contributed by atoms with Crippen LogP contribution in [0.3, 0.4) is 0 Å². The van der Waals surface area contributed by atoms with Crippen molar-refractivity contribution < 1.29 is 52.6 Å². The number of halogens is 2. The van der Waals surface area contributed by atoms with E-state index >= 15 is 8.78 Å². The van der Waals surface area contributed by atoms with E-state index in [1.54, 1.807) is 19.1 Å². The molecule has 4 N–H and O–H groups in total. The van der Waals surface area contributed by atoms with Crippen molar-refractivity contribution in [3.63, 3.8) is 0 Å². The number of hydrogen-bond acceptors (Lipinski definition) is 8. The van der Waals surface area contributed by atoms with E-state index < -0.39 is 72.2 Å². The van der Waals surface area contributed by atoms with Crippen LogP contribution in [0.4, 0.5) is 8.78 Å². The van der Waals surface area contributed by atoms with Crippen LogP contribution in [0.5, 0.6) is 0 Å². The predicted octanol–water partition coefficient (Wildman–Crippen LogP) is 3.72. The van der Waals surface area contributed by atoms with Crippen LogP contribution in [0.15, 0.2) is 36.5 Å². The molecular weight excluding hydrogens is 556 g/mol. The quantitative estimate of drug-likeness (QED) is 0.0768. The molecule has 2 saturated heterocycles. The lowest BCUT2D eigenvalue weighted by atomic mass is 9.73. The van der Waals surface area contributed by atoms with Gasteiger partial charge in [0, 0.05) is 45.5 Å². The fraction of sp³-hybridized carbons (Fsp3) is 0.733. The fourth-order valence-electron chi connectivity index (χ4n) is 5.24. The zero-order valence-electron chi connectivity index (χ0n) is 25.3. The van der Waals surface area contributed by atoms with Crippen LogP contribution in [0.25, 0.3) is 0 Å². The Bertz CT molecular complexity index is 1000. The standard InChI is InChI=1S/C30H47F2NO9/c1-18-16-29(40-7,42-20(3)19(18)2)25(37)26(38)33-27(39-6)22-17-30(31,32)28(4,5)23(41-22)15-21(34)13-11-9-8-10-12-14-24(35)36/h8,10,12,14,19-23,25,27,34,37H,1,9,11,13,15-17H2,2-7H3,(H,33,38)(H,35,36)/b10-8+,14-12+/t19-,20-,21-,22+,23-,25-,27+,29-/m1/s1. The molecule has 0 radical (unpaired) electrons. The maximum Gasteiger partial charge on any atom is 0.328 e. The molecule has 240 valence electrons. The second-order valence-electron chi connectivity index (χ2n) is 11.8. The van der Waals surface area contributed by atoms with Crippen molar-refractivity contribution in [2.24, 2.45) is 11.3 Å². The normalized spacial score (nSPS) is 31.6. The number of hydrogen-bond donors (Lipinski definition) is 4. The minimum Gasteiger partial charge on any atom is -0.478 e. The zero-order chi connectivity index (χ0) is 31.9. The molecule has 8 atom stereocenters. The SMILES string of the molecule is C=C1C[C@](OC)([C@H](O)C(=O)N[C@@H](OC)[C@@H]2CC(F)(F)C(C)(C)[C@@H](C[C@H](O)CCC/C=C/C=C/C(=O)O)O2)O[C@H](C)[C@@H]1C. The Labute approximate surface area is 246 Å². The Hall–Kier alpha value is -2.22. The van der Waals surface area contributed by atoms with E-state index in [0.717, 1.165) is 11.6 Å². The molecule has 0 unspecified atom stereocenters. The Morgan fingerprint density at radius 3 is 2.45 bits per heavy atom. The van der Waals surface area contributed by atoms with Gasteiger partial charge in [-0.15, -0.1) is 0 Å². The lowest BCUT2D eigenvalue weighted by molar-refractivity contribution is -0.299. The molecule has 2 rings (SSSR count). The first-order valence-electron chi connectivity index (χ1n) is 14.2. The van der Waals surface area contributed by atoms with E-state index in [1.165, 1.54) is 34.1 Å². The van der Waals surface area contributed by atoms with Gasteiger partial charge < -0.3 is 39.6 Å². The van der Waals surface area contributed by atoms with Crippen molar-refractivity contribution in [1.29, 1.82) is 0 Å². The lowest BCUT2D eigenvalue weighted by Crippen LogP contribution is -2.63. The van der Waals surface area contributed by atoms with E-state index in [1.807, 2.05) is 6.92 Å². The highest BCUT2D eigenvalue weighted by atomic mass is 19.3. The first-order valence-corrected chi connectivity index (χ1v) is 14.2.